The van der Waals surface area contributed by atoms with E-state index >= 15 is 0 Å². The number of hydrogen-bond donors (Lipinski definition) is 3. The van der Waals surface area contributed by atoms with E-state index in [1.165, 1.54) is 5.56 Å². The van der Waals surface area contributed by atoms with E-state index in [1.54, 1.807) is 17.8 Å². The molecule has 2 atom stereocenters. The van der Waals surface area contributed by atoms with Crippen LogP contribution in [0.1, 0.15) is 18.1 Å². The van der Waals surface area contributed by atoms with Gasteiger partial charge in [0.05, 0.1) is 12.6 Å². The maximum atomic E-state index is 13.4. The van der Waals surface area contributed by atoms with Crippen molar-refractivity contribution in [2.45, 2.75) is 29.9 Å². The number of aliphatic hydroxyl groups is 2. The van der Waals surface area contributed by atoms with Gasteiger partial charge < -0.3 is 15.5 Å². The molecule has 1 heterocycles. The molecule has 0 aromatic heterocycles. The molecule has 0 aliphatic carbocycles. The lowest BCUT2D eigenvalue weighted by Crippen LogP contribution is -2.52. The lowest BCUT2D eigenvalue weighted by atomic mass is 9.87. The fourth-order valence-corrected chi connectivity index (χ4v) is 3.55. The summed E-state index contributed by atoms with van der Waals surface area (Å²) in [6.07, 6.45) is 1.02. The van der Waals surface area contributed by atoms with Gasteiger partial charge in [-0.3, -0.25) is 0 Å². The number of aryl methyl sites for hydroxylation is 1. The van der Waals surface area contributed by atoms with Crippen molar-refractivity contribution >= 4 is 11.8 Å². The summed E-state index contributed by atoms with van der Waals surface area (Å²) in [5, 5.41) is 22.9. The predicted molar refractivity (Wildman–Crippen MR) is 75.3 cm³/mol. The van der Waals surface area contributed by atoms with Crippen LogP contribution >= 0.6 is 11.8 Å². The number of likely N-dealkylation sites (N-methyl/N-ethyl adjacent to an activating group) is 1. The van der Waals surface area contributed by atoms with E-state index in [0.29, 0.717) is 12.1 Å². The molecule has 0 spiro atoms. The summed E-state index contributed by atoms with van der Waals surface area (Å²) in [5.74, 6) is 1.03. The number of thioether (sulfide) groups is 1. The lowest BCUT2D eigenvalue weighted by molar-refractivity contribution is -0.0406. The van der Waals surface area contributed by atoms with Crippen LogP contribution in [0.5, 0.6) is 0 Å². The third kappa shape index (κ3) is 2.79. The molecule has 0 amide bonds. The van der Waals surface area contributed by atoms with E-state index < -0.39 is 18.3 Å². The molecule has 2 rings (SSSR count). The third-order valence-corrected chi connectivity index (χ3v) is 4.71. The predicted octanol–water partition coefficient (Wildman–Crippen LogP) is 1.46. The Balaban J connectivity index is 2.34. The lowest BCUT2D eigenvalue weighted by Gasteiger charge is -2.34. The first-order valence-corrected chi connectivity index (χ1v) is 7.53. The van der Waals surface area contributed by atoms with Gasteiger partial charge in [-0.2, -0.15) is 0 Å². The molecule has 1 aromatic carbocycles. The van der Waals surface area contributed by atoms with Gasteiger partial charge in [-0.25, -0.2) is 4.39 Å². The normalized spacial score (nSPS) is 18.9. The average molecular weight is 285 g/mol. The largest absolute Gasteiger partial charge is 0.395 e. The Labute approximate surface area is 117 Å². The molecule has 5 heteroatoms. The molecule has 0 bridgehead atoms. The summed E-state index contributed by atoms with van der Waals surface area (Å²) in [4.78, 5) is 1.11. The highest BCUT2D eigenvalue weighted by atomic mass is 32.2. The topological polar surface area (TPSA) is 52.5 Å². The second-order valence-corrected chi connectivity index (χ2v) is 5.91. The van der Waals surface area contributed by atoms with Gasteiger partial charge in [-0.05, 0) is 30.2 Å². The number of alkyl halides is 1. The van der Waals surface area contributed by atoms with Crippen molar-refractivity contribution in [3.8, 4) is 0 Å². The summed E-state index contributed by atoms with van der Waals surface area (Å²) >= 11 is 1.72. The van der Waals surface area contributed by atoms with E-state index in [9.17, 15) is 14.6 Å². The van der Waals surface area contributed by atoms with Gasteiger partial charge in [-0.1, -0.05) is 19.1 Å². The highest BCUT2D eigenvalue weighted by molar-refractivity contribution is 7.99. The molecule has 1 aromatic rings. The van der Waals surface area contributed by atoms with Crippen LogP contribution in [0, 0.1) is 0 Å². The summed E-state index contributed by atoms with van der Waals surface area (Å²) in [6.45, 7) is 1.19. The molecular formula is C14H20FNO2S. The standard InChI is InChI=1S/C14H20FNO2S/c1-2-16-13(8-17)14(18,9-15)11-4-3-10-5-6-19-12(10)7-11/h3-4,7,13,16-18H,2,5-6,8-9H2,1H3. The number of benzene rings is 1. The maximum absolute atomic E-state index is 13.4. The Morgan fingerprint density at radius 2 is 2.32 bits per heavy atom. The minimum Gasteiger partial charge on any atom is -0.395 e. The molecule has 3 N–H and O–H groups in total. The molecule has 1 aliphatic heterocycles. The zero-order chi connectivity index (χ0) is 13.9. The zero-order valence-corrected chi connectivity index (χ0v) is 11.8. The van der Waals surface area contributed by atoms with Crippen molar-refractivity contribution in [1.82, 2.24) is 5.32 Å². The van der Waals surface area contributed by atoms with Gasteiger partial charge >= 0.3 is 0 Å². The number of nitrogens with one attached hydrogen (secondary N) is 1. The molecule has 0 saturated carbocycles. The van der Waals surface area contributed by atoms with Crippen LogP contribution in [-0.4, -0.2) is 41.8 Å². The Morgan fingerprint density at radius 1 is 1.53 bits per heavy atom. The Bertz CT molecular complexity index is 443. The fourth-order valence-electron chi connectivity index (χ4n) is 2.44. The Hall–Kier alpha value is -0.620. The summed E-state index contributed by atoms with van der Waals surface area (Å²) in [6, 6.07) is 4.87. The number of hydrogen-bond acceptors (Lipinski definition) is 4. The highest BCUT2D eigenvalue weighted by Gasteiger charge is 2.38. The highest BCUT2D eigenvalue weighted by Crippen LogP contribution is 2.35. The van der Waals surface area contributed by atoms with Crippen molar-refractivity contribution in [2.24, 2.45) is 0 Å². The second-order valence-electron chi connectivity index (χ2n) is 4.77. The van der Waals surface area contributed by atoms with Gasteiger partial charge in [0, 0.05) is 10.6 Å². The first-order chi connectivity index (χ1) is 9.15. The Morgan fingerprint density at radius 3 is 2.95 bits per heavy atom. The van der Waals surface area contributed by atoms with Gasteiger partial charge in [0.25, 0.3) is 0 Å². The first kappa shape index (κ1) is 14.8. The van der Waals surface area contributed by atoms with Crippen LogP contribution in [0.25, 0.3) is 0 Å². The van der Waals surface area contributed by atoms with E-state index in [1.807, 2.05) is 19.1 Å². The van der Waals surface area contributed by atoms with E-state index in [0.717, 1.165) is 17.1 Å². The molecule has 0 radical (unpaired) electrons. The van der Waals surface area contributed by atoms with Crippen LogP contribution < -0.4 is 5.32 Å². The molecule has 2 unspecified atom stereocenters. The van der Waals surface area contributed by atoms with Crippen LogP contribution in [0.15, 0.2) is 23.1 Å². The molecule has 106 valence electrons. The average Bonchev–Trinajstić information content (AvgIpc) is 2.91. The molecular weight excluding hydrogens is 265 g/mol. The number of rotatable bonds is 6. The monoisotopic (exact) mass is 285 g/mol. The van der Waals surface area contributed by atoms with Crippen LogP contribution in [-0.2, 0) is 12.0 Å². The van der Waals surface area contributed by atoms with Crippen molar-refractivity contribution in [3.63, 3.8) is 0 Å². The summed E-state index contributed by atoms with van der Waals surface area (Å²) < 4.78 is 13.4. The van der Waals surface area contributed by atoms with Crippen LogP contribution in [0.3, 0.4) is 0 Å². The van der Waals surface area contributed by atoms with Crippen molar-refractivity contribution in [1.29, 1.82) is 0 Å². The number of halogens is 1. The Kier molecular flexibility index (Phi) is 4.84. The number of aliphatic hydroxyl groups excluding tert-OH is 1. The van der Waals surface area contributed by atoms with Gasteiger partial charge in [-0.15, -0.1) is 11.8 Å². The van der Waals surface area contributed by atoms with E-state index in [-0.39, 0.29) is 6.61 Å². The third-order valence-electron chi connectivity index (χ3n) is 3.61. The minimum atomic E-state index is -1.68. The second kappa shape index (κ2) is 6.22. The fraction of sp³-hybridized carbons (Fsp3) is 0.571. The van der Waals surface area contributed by atoms with Crippen molar-refractivity contribution < 1.29 is 14.6 Å². The summed E-state index contributed by atoms with van der Waals surface area (Å²) in [7, 11) is 0. The minimum absolute atomic E-state index is 0.307. The molecule has 3 nitrogen and oxygen atoms in total. The quantitative estimate of drug-likeness (QED) is 0.741. The smallest absolute Gasteiger partial charge is 0.135 e. The number of fused-ring (bicyclic) bond motifs is 1. The van der Waals surface area contributed by atoms with Crippen LogP contribution in [0.2, 0.25) is 0 Å². The first-order valence-electron chi connectivity index (χ1n) is 6.54. The van der Waals surface area contributed by atoms with Crippen LogP contribution in [0.4, 0.5) is 4.39 Å². The maximum Gasteiger partial charge on any atom is 0.135 e. The summed E-state index contributed by atoms with van der Waals surface area (Å²) in [5.41, 5.74) is 0.102. The van der Waals surface area contributed by atoms with E-state index in [2.05, 4.69) is 5.32 Å². The van der Waals surface area contributed by atoms with E-state index in [4.69, 9.17) is 0 Å². The zero-order valence-electron chi connectivity index (χ0n) is 11.0. The SMILES string of the molecule is CCNC(CO)C(O)(CF)c1ccc2c(c1)SCC2. The van der Waals surface area contributed by atoms with Gasteiger partial charge in [0.2, 0.25) is 0 Å². The molecule has 0 fully saturated rings. The van der Waals surface area contributed by atoms with Crippen molar-refractivity contribution in [2.75, 3.05) is 25.6 Å². The van der Waals surface area contributed by atoms with Gasteiger partial charge in [0.1, 0.15) is 12.3 Å². The molecule has 19 heavy (non-hydrogen) atoms. The van der Waals surface area contributed by atoms with Crippen molar-refractivity contribution in [3.05, 3.63) is 29.3 Å². The molecule has 0 saturated heterocycles. The molecule has 1 aliphatic rings. The van der Waals surface area contributed by atoms with Gasteiger partial charge in [0.15, 0.2) is 0 Å².